The van der Waals surface area contributed by atoms with Crippen LogP contribution >= 0.6 is 11.6 Å². The van der Waals surface area contributed by atoms with E-state index >= 15 is 0 Å². The van der Waals surface area contributed by atoms with Crippen LogP contribution in [0.25, 0.3) is 0 Å². The van der Waals surface area contributed by atoms with Gasteiger partial charge in [-0.05, 0) is 131 Å². The van der Waals surface area contributed by atoms with Crippen LogP contribution in [0.1, 0.15) is 144 Å². The maximum atomic E-state index is 7.59. The molecular weight excluding hydrogens is 604 g/mol. The number of hydrogen-bond donors (Lipinski definition) is 0. The highest BCUT2D eigenvalue weighted by molar-refractivity contribution is 6.33. The van der Waals surface area contributed by atoms with E-state index < -0.39 is 0 Å². The van der Waals surface area contributed by atoms with Crippen LogP contribution in [0.3, 0.4) is 0 Å². The van der Waals surface area contributed by atoms with Crippen molar-refractivity contribution in [1.29, 1.82) is 0 Å². The highest BCUT2D eigenvalue weighted by Gasteiger charge is 2.60. The summed E-state index contributed by atoms with van der Waals surface area (Å²) in [4.78, 5) is 2.88. The second kappa shape index (κ2) is 13.0. The lowest BCUT2D eigenvalue weighted by molar-refractivity contribution is -0.565. The summed E-state index contributed by atoms with van der Waals surface area (Å²) in [5.41, 5.74) is 6.56. The summed E-state index contributed by atoms with van der Waals surface area (Å²) in [6.45, 7) is 17.4. The molecule has 10 atom stereocenters. The van der Waals surface area contributed by atoms with E-state index in [-0.39, 0.29) is 10.8 Å². The average molecular weight is 673 g/mol. The largest absolute Gasteiger partial charge is 0.371 e. The number of allylic oxidation sites excluding steroid dienone is 8. The van der Waals surface area contributed by atoms with Crippen LogP contribution in [0, 0.1) is 58.2 Å². The molecule has 1 saturated heterocycles. The van der Waals surface area contributed by atoms with E-state index in [0.29, 0.717) is 11.8 Å². The Hall–Kier alpha value is -1.28. The summed E-state index contributed by atoms with van der Waals surface area (Å²) in [7, 11) is 0. The third-order valence-electron chi connectivity index (χ3n) is 16.4. The average Bonchev–Trinajstić information content (AvgIpc) is 3.59. The molecule has 2 nitrogen and oxygen atoms in total. The minimum Gasteiger partial charge on any atom is -0.371 e. The second-order valence-electron chi connectivity index (χ2n) is 18.9. The van der Waals surface area contributed by atoms with Crippen molar-refractivity contribution in [2.75, 3.05) is 13.1 Å². The maximum Gasteiger partial charge on any atom is 0.182 e. The van der Waals surface area contributed by atoms with Gasteiger partial charge in [-0.25, -0.2) is 4.58 Å². The van der Waals surface area contributed by atoms with E-state index in [0.717, 1.165) is 65.7 Å². The molecule has 8 rings (SSSR count). The fraction of sp³-hybridized carbons (Fsp3) is 0.800. The molecule has 0 aromatic carbocycles. The van der Waals surface area contributed by atoms with Gasteiger partial charge in [-0.2, -0.15) is 0 Å². The molecule has 48 heavy (non-hydrogen) atoms. The zero-order chi connectivity index (χ0) is 33.4. The lowest BCUT2D eigenvalue weighted by Gasteiger charge is -2.47. The van der Waals surface area contributed by atoms with E-state index in [9.17, 15) is 0 Å². The molecular formula is C45H68ClN2+. The monoisotopic (exact) mass is 672 g/mol. The van der Waals surface area contributed by atoms with Crippen molar-refractivity contribution >= 4 is 17.3 Å². The Bertz CT molecular complexity index is 1410. The lowest BCUT2D eigenvalue weighted by atomic mass is 9.57. The van der Waals surface area contributed by atoms with Gasteiger partial charge in [-0.15, -0.1) is 0 Å². The number of hydrogen-bond acceptors (Lipinski definition) is 1. The standard InChI is InChI=1S/C45H68ClN2/c1-7-47-38-26-22-29-15-9-11-17-31(29)41(38)45(5,6)40(47)28-24-36-34-20-14-13-19-33(34)35(42(36)46)23-27-39-44(3,4)37-25-21-30-16-10-12-18-32(30)43(37)48(39)8-2/h23-24,27-34,37-38,41,43H,7-22,25-26H2,1-6H3/q+1. The van der Waals surface area contributed by atoms with Crippen LogP contribution in [-0.4, -0.2) is 40.4 Å². The predicted octanol–water partition coefficient (Wildman–Crippen LogP) is 11.7. The zero-order valence-corrected chi connectivity index (χ0v) is 32.3. The van der Waals surface area contributed by atoms with Crippen LogP contribution < -0.4 is 0 Å². The van der Waals surface area contributed by atoms with Gasteiger partial charge in [0, 0.05) is 47.1 Å². The molecule has 0 amide bonds. The van der Waals surface area contributed by atoms with E-state index in [1.165, 1.54) is 114 Å². The molecule has 0 aromatic rings. The van der Waals surface area contributed by atoms with Crippen LogP contribution in [0.5, 0.6) is 0 Å². The third kappa shape index (κ3) is 5.24. The molecule has 10 unspecified atom stereocenters. The Labute approximate surface area is 299 Å². The van der Waals surface area contributed by atoms with E-state index in [4.69, 9.17) is 11.6 Å². The Morgan fingerprint density at radius 1 is 0.708 bits per heavy atom. The molecule has 264 valence electrons. The molecule has 2 aliphatic heterocycles. The van der Waals surface area contributed by atoms with Crippen molar-refractivity contribution in [3.8, 4) is 0 Å². The number of nitrogens with zero attached hydrogens (tertiary/aromatic N) is 2. The Balaban J connectivity index is 1.12. The maximum absolute atomic E-state index is 7.59. The second-order valence-corrected chi connectivity index (χ2v) is 19.3. The van der Waals surface area contributed by atoms with Gasteiger partial charge in [0.2, 0.25) is 0 Å². The van der Waals surface area contributed by atoms with Gasteiger partial charge in [0.05, 0.1) is 5.41 Å². The van der Waals surface area contributed by atoms with Crippen LogP contribution in [0.2, 0.25) is 0 Å². The van der Waals surface area contributed by atoms with Crippen molar-refractivity contribution < 1.29 is 4.58 Å². The topological polar surface area (TPSA) is 6.25 Å². The summed E-state index contributed by atoms with van der Waals surface area (Å²) >= 11 is 7.59. The SMILES string of the molecule is CCN1/C(=C/C=C2C(Cl)=C(/C=C/C3=[N+](CC)C4CCC5CCCCC5C4C3(C)C)C3CCCCC/23)C(C)(C)C2CCC3CCCCC3C21. The van der Waals surface area contributed by atoms with E-state index in [2.05, 4.69) is 75.3 Å². The third-order valence-corrected chi connectivity index (χ3v) is 16.8. The first-order valence-corrected chi connectivity index (χ1v) is 21.5. The first kappa shape index (κ1) is 33.8. The molecule has 6 fully saturated rings. The number of halogens is 1. The summed E-state index contributed by atoms with van der Waals surface area (Å²) in [6.07, 6.45) is 32.9. The smallest absolute Gasteiger partial charge is 0.182 e. The van der Waals surface area contributed by atoms with Gasteiger partial charge >= 0.3 is 0 Å². The predicted molar refractivity (Wildman–Crippen MR) is 203 cm³/mol. The van der Waals surface area contributed by atoms with Crippen LogP contribution in [0.15, 0.2) is 46.2 Å². The summed E-state index contributed by atoms with van der Waals surface area (Å²) in [6, 6.07) is 1.47. The van der Waals surface area contributed by atoms with Gasteiger partial charge < -0.3 is 4.90 Å². The molecule has 0 N–H and O–H groups in total. The van der Waals surface area contributed by atoms with Crippen molar-refractivity contribution in [1.82, 2.24) is 4.90 Å². The molecule has 3 heteroatoms. The Kier molecular flexibility index (Phi) is 9.20. The van der Waals surface area contributed by atoms with Crippen molar-refractivity contribution in [3.63, 3.8) is 0 Å². The zero-order valence-electron chi connectivity index (χ0n) is 31.6. The van der Waals surface area contributed by atoms with Crippen molar-refractivity contribution in [2.45, 2.75) is 156 Å². The number of fused-ring (bicyclic) bond motifs is 7. The lowest BCUT2D eigenvalue weighted by Crippen LogP contribution is -2.46. The molecule has 8 aliphatic rings. The summed E-state index contributed by atoms with van der Waals surface area (Å²) in [5, 5.41) is 1.09. The molecule has 0 bridgehead atoms. The van der Waals surface area contributed by atoms with Gasteiger partial charge in [-0.3, -0.25) is 0 Å². The first-order chi connectivity index (χ1) is 23.2. The quantitative estimate of drug-likeness (QED) is 0.264. The highest BCUT2D eigenvalue weighted by Crippen LogP contribution is 2.59. The van der Waals surface area contributed by atoms with Crippen molar-refractivity contribution in [3.05, 3.63) is 46.2 Å². The Morgan fingerprint density at radius 2 is 1.35 bits per heavy atom. The fourth-order valence-corrected chi connectivity index (χ4v) is 14.8. The fourth-order valence-electron chi connectivity index (χ4n) is 14.4. The molecule has 5 saturated carbocycles. The van der Waals surface area contributed by atoms with E-state index in [1.807, 2.05) is 0 Å². The van der Waals surface area contributed by atoms with Gasteiger partial charge in [0.1, 0.15) is 6.54 Å². The molecule has 0 spiro atoms. The first-order valence-electron chi connectivity index (χ1n) is 21.1. The van der Waals surface area contributed by atoms with Crippen molar-refractivity contribution in [2.24, 2.45) is 58.2 Å². The van der Waals surface area contributed by atoms with Gasteiger partial charge in [-0.1, -0.05) is 89.0 Å². The normalized spacial score (nSPS) is 43.5. The Morgan fingerprint density at radius 3 is 2.08 bits per heavy atom. The molecule has 6 aliphatic carbocycles. The summed E-state index contributed by atoms with van der Waals surface area (Å²) < 4.78 is 2.84. The number of rotatable bonds is 5. The highest BCUT2D eigenvalue weighted by atomic mass is 35.5. The van der Waals surface area contributed by atoms with Crippen LogP contribution in [-0.2, 0) is 0 Å². The molecule has 0 radical (unpaired) electrons. The van der Waals surface area contributed by atoms with Gasteiger partial charge in [0.25, 0.3) is 0 Å². The minimum atomic E-state index is 0.227. The molecule has 2 heterocycles. The van der Waals surface area contributed by atoms with E-state index in [1.54, 1.807) is 11.4 Å². The molecule has 0 aromatic heterocycles. The summed E-state index contributed by atoms with van der Waals surface area (Å²) in [5.74, 6) is 6.52. The number of likely N-dealkylation sites (tertiary alicyclic amines) is 1. The minimum absolute atomic E-state index is 0.227. The van der Waals surface area contributed by atoms with Gasteiger partial charge in [0.15, 0.2) is 11.8 Å². The van der Waals surface area contributed by atoms with Crippen LogP contribution in [0.4, 0.5) is 0 Å².